The van der Waals surface area contributed by atoms with Gasteiger partial charge < -0.3 is 15.2 Å². The first-order valence-electron chi connectivity index (χ1n) is 7.94. The third-order valence-corrected chi connectivity index (χ3v) is 6.35. The van der Waals surface area contributed by atoms with E-state index in [2.05, 4.69) is 5.32 Å². The van der Waals surface area contributed by atoms with Gasteiger partial charge in [0, 0.05) is 12.0 Å². The van der Waals surface area contributed by atoms with Crippen LogP contribution in [0.5, 0.6) is 11.5 Å². The number of rotatable bonds is 4. The van der Waals surface area contributed by atoms with Gasteiger partial charge in [0.15, 0.2) is 9.84 Å². The Bertz CT molecular complexity index is 877. The molecule has 1 amide bonds. The molecule has 1 heterocycles. The number of hydrogen-bond donors (Lipinski definition) is 2. The first-order chi connectivity index (χ1) is 11.9. The lowest BCUT2D eigenvalue weighted by molar-refractivity contribution is -0.121. The van der Waals surface area contributed by atoms with Gasteiger partial charge in [-0.2, -0.15) is 0 Å². The molecule has 0 fully saturated rings. The summed E-state index contributed by atoms with van der Waals surface area (Å²) in [6.45, 7) is 1.82. The highest BCUT2D eigenvalue weighted by Gasteiger charge is 2.32. The normalized spacial score (nSPS) is 17.9. The minimum absolute atomic E-state index is 0.000303. The molecular formula is C18H19NO5S. The molecular weight excluding hydrogens is 342 g/mol. The minimum atomic E-state index is -3.84. The van der Waals surface area contributed by atoms with Crippen molar-refractivity contribution in [1.29, 1.82) is 0 Å². The minimum Gasteiger partial charge on any atom is -0.508 e. The van der Waals surface area contributed by atoms with E-state index in [4.69, 9.17) is 4.74 Å². The molecule has 1 aliphatic rings. The van der Waals surface area contributed by atoms with Gasteiger partial charge in [0.1, 0.15) is 16.7 Å². The monoisotopic (exact) mass is 361 g/mol. The molecule has 0 saturated carbocycles. The van der Waals surface area contributed by atoms with Crippen LogP contribution >= 0.6 is 0 Å². The number of phenols is 1. The van der Waals surface area contributed by atoms with Gasteiger partial charge in [-0.25, -0.2) is 8.42 Å². The first kappa shape index (κ1) is 17.3. The van der Waals surface area contributed by atoms with Crippen LogP contribution < -0.4 is 10.1 Å². The quantitative estimate of drug-likeness (QED) is 0.871. The fraction of sp³-hybridized carbons (Fsp3) is 0.278. The molecule has 0 radical (unpaired) electrons. The van der Waals surface area contributed by atoms with Crippen molar-refractivity contribution in [2.75, 3.05) is 6.61 Å². The van der Waals surface area contributed by atoms with Gasteiger partial charge in [-0.3, -0.25) is 4.79 Å². The number of aromatic hydroxyl groups is 1. The molecule has 0 spiro atoms. The van der Waals surface area contributed by atoms with Crippen molar-refractivity contribution in [3.8, 4) is 11.5 Å². The van der Waals surface area contributed by atoms with Crippen molar-refractivity contribution in [1.82, 2.24) is 5.32 Å². The van der Waals surface area contributed by atoms with E-state index in [9.17, 15) is 18.3 Å². The van der Waals surface area contributed by atoms with Crippen LogP contribution in [0.3, 0.4) is 0 Å². The maximum Gasteiger partial charge on any atom is 0.238 e. The maximum atomic E-state index is 12.6. The summed E-state index contributed by atoms with van der Waals surface area (Å²) in [6, 6.07) is 12.2. The van der Waals surface area contributed by atoms with E-state index in [-0.39, 0.29) is 16.7 Å². The second kappa shape index (κ2) is 6.76. The van der Waals surface area contributed by atoms with Crippen molar-refractivity contribution >= 4 is 15.7 Å². The summed E-state index contributed by atoms with van der Waals surface area (Å²) in [7, 11) is -3.84. The zero-order valence-electron chi connectivity index (χ0n) is 13.7. The van der Waals surface area contributed by atoms with Crippen LogP contribution in [0.4, 0.5) is 0 Å². The summed E-state index contributed by atoms with van der Waals surface area (Å²) in [6.07, 6.45) is 0.578. The maximum absolute atomic E-state index is 12.6. The van der Waals surface area contributed by atoms with Crippen LogP contribution in [-0.4, -0.2) is 31.3 Å². The Balaban J connectivity index is 1.78. The van der Waals surface area contributed by atoms with E-state index in [0.29, 0.717) is 18.8 Å². The second-order valence-electron chi connectivity index (χ2n) is 5.92. The molecule has 2 aromatic carbocycles. The predicted molar refractivity (Wildman–Crippen MR) is 92.2 cm³/mol. The van der Waals surface area contributed by atoms with E-state index in [1.54, 1.807) is 0 Å². The van der Waals surface area contributed by atoms with Crippen molar-refractivity contribution in [3.05, 3.63) is 54.1 Å². The number of nitrogens with one attached hydrogen (secondary N) is 1. The van der Waals surface area contributed by atoms with Crippen LogP contribution in [0.25, 0.3) is 0 Å². The third kappa shape index (κ3) is 3.46. The molecule has 0 bridgehead atoms. The van der Waals surface area contributed by atoms with Gasteiger partial charge in [0.2, 0.25) is 5.91 Å². The highest BCUT2D eigenvalue weighted by Crippen LogP contribution is 2.31. The summed E-state index contributed by atoms with van der Waals surface area (Å²) in [5.41, 5.74) is 0.844. The number of para-hydroxylation sites is 1. The summed E-state index contributed by atoms with van der Waals surface area (Å²) in [5.74, 6) is 0.109. The number of ether oxygens (including phenoxy) is 1. The molecule has 132 valence electrons. The van der Waals surface area contributed by atoms with E-state index in [1.807, 2.05) is 24.3 Å². The average molecular weight is 361 g/mol. The van der Waals surface area contributed by atoms with Gasteiger partial charge in [0.25, 0.3) is 0 Å². The molecule has 2 N–H and O–H groups in total. The summed E-state index contributed by atoms with van der Waals surface area (Å²) in [4.78, 5) is 12.5. The fourth-order valence-corrected chi connectivity index (χ4v) is 4.04. The van der Waals surface area contributed by atoms with E-state index in [1.165, 1.54) is 31.2 Å². The number of fused-ring (bicyclic) bond motifs is 1. The molecule has 25 heavy (non-hydrogen) atoms. The molecule has 3 rings (SSSR count). The first-order valence-corrected chi connectivity index (χ1v) is 9.49. The number of amides is 1. The number of phenolic OH excluding ortho intramolecular Hbond substituents is 1. The van der Waals surface area contributed by atoms with Crippen LogP contribution in [-0.2, 0) is 14.6 Å². The molecule has 6 nitrogen and oxygen atoms in total. The topological polar surface area (TPSA) is 92.7 Å². The van der Waals surface area contributed by atoms with Crippen LogP contribution in [0.2, 0.25) is 0 Å². The Morgan fingerprint density at radius 1 is 1.20 bits per heavy atom. The van der Waals surface area contributed by atoms with E-state index >= 15 is 0 Å². The van der Waals surface area contributed by atoms with Crippen molar-refractivity contribution in [2.24, 2.45) is 0 Å². The molecule has 2 aromatic rings. The van der Waals surface area contributed by atoms with E-state index < -0.39 is 21.0 Å². The lowest BCUT2D eigenvalue weighted by Gasteiger charge is -2.27. The Morgan fingerprint density at radius 3 is 2.60 bits per heavy atom. The van der Waals surface area contributed by atoms with Crippen LogP contribution in [0.1, 0.15) is 24.9 Å². The van der Waals surface area contributed by atoms with Crippen LogP contribution in [0.15, 0.2) is 53.4 Å². The molecule has 7 heteroatoms. The Hall–Kier alpha value is -2.54. The molecule has 2 atom stereocenters. The van der Waals surface area contributed by atoms with E-state index in [0.717, 1.165) is 5.56 Å². The van der Waals surface area contributed by atoms with Crippen molar-refractivity contribution in [2.45, 2.75) is 29.5 Å². The Labute approximate surface area is 146 Å². The fourth-order valence-electron chi connectivity index (χ4n) is 2.76. The lowest BCUT2D eigenvalue weighted by Crippen LogP contribution is -2.41. The number of sulfone groups is 1. The molecule has 0 saturated heterocycles. The Morgan fingerprint density at radius 2 is 1.88 bits per heavy atom. The number of benzene rings is 2. The van der Waals surface area contributed by atoms with Gasteiger partial charge in [0.05, 0.1) is 17.5 Å². The zero-order valence-corrected chi connectivity index (χ0v) is 14.5. The summed E-state index contributed by atoms with van der Waals surface area (Å²) >= 11 is 0. The zero-order chi connectivity index (χ0) is 18.0. The molecule has 0 aromatic heterocycles. The van der Waals surface area contributed by atoms with Crippen LogP contribution in [0, 0.1) is 0 Å². The highest BCUT2D eigenvalue weighted by atomic mass is 32.2. The van der Waals surface area contributed by atoms with Gasteiger partial charge in [-0.05, 0) is 37.3 Å². The average Bonchev–Trinajstić information content (AvgIpc) is 2.61. The van der Waals surface area contributed by atoms with Crippen molar-refractivity contribution < 1.29 is 23.1 Å². The smallest absolute Gasteiger partial charge is 0.238 e. The van der Waals surface area contributed by atoms with Gasteiger partial charge in [-0.1, -0.05) is 18.2 Å². The summed E-state index contributed by atoms with van der Waals surface area (Å²) in [5, 5.41) is 10.9. The predicted octanol–water partition coefficient (Wildman–Crippen LogP) is 2.19. The van der Waals surface area contributed by atoms with Gasteiger partial charge >= 0.3 is 0 Å². The third-order valence-electron chi connectivity index (χ3n) is 4.27. The Kier molecular flexibility index (Phi) is 4.67. The molecule has 0 aliphatic carbocycles. The largest absolute Gasteiger partial charge is 0.508 e. The molecule has 1 aliphatic heterocycles. The number of carbonyl (C=O) groups is 1. The molecule has 0 unspecified atom stereocenters. The number of hydrogen-bond acceptors (Lipinski definition) is 5. The lowest BCUT2D eigenvalue weighted by atomic mass is 10.0. The van der Waals surface area contributed by atoms with Crippen molar-refractivity contribution in [3.63, 3.8) is 0 Å². The highest BCUT2D eigenvalue weighted by molar-refractivity contribution is 7.92. The SMILES string of the molecule is C[C@H](C(=O)N[C@H]1CCOc2ccccc21)S(=O)(=O)c1ccc(O)cc1. The summed E-state index contributed by atoms with van der Waals surface area (Å²) < 4.78 is 30.8. The second-order valence-corrected chi connectivity index (χ2v) is 8.19. The number of carbonyl (C=O) groups excluding carboxylic acids is 1. The standard InChI is InChI=1S/C18H19NO5S/c1-12(25(22,23)14-8-6-13(20)7-9-14)18(21)19-16-10-11-24-17-5-3-2-4-15(16)17/h2-9,12,16,20H,10-11H2,1H3,(H,19,21)/t12-,16+/m1/s1. The van der Waals surface area contributed by atoms with Gasteiger partial charge in [-0.15, -0.1) is 0 Å².